The van der Waals surface area contributed by atoms with Crippen LogP contribution in [0.2, 0.25) is 10.0 Å². The van der Waals surface area contributed by atoms with Gasteiger partial charge in [0.15, 0.2) is 0 Å². The first kappa shape index (κ1) is 25.1. The lowest BCUT2D eigenvalue weighted by molar-refractivity contribution is -0.122. The second-order valence-electron chi connectivity index (χ2n) is 7.70. The molecule has 2 amide bonds. The number of aromatic nitrogens is 1. The van der Waals surface area contributed by atoms with E-state index in [1.807, 2.05) is 6.92 Å². The highest BCUT2D eigenvalue weighted by molar-refractivity contribution is 7.89. The molecule has 3 aromatic rings. The Morgan fingerprint density at radius 1 is 1.11 bits per heavy atom. The van der Waals surface area contributed by atoms with Crippen molar-refractivity contribution >= 4 is 50.7 Å². The van der Waals surface area contributed by atoms with Gasteiger partial charge in [-0.15, -0.1) is 0 Å². The van der Waals surface area contributed by atoms with Crippen LogP contribution >= 0.6 is 23.2 Å². The van der Waals surface area contributed by atoms with E-state index in [4.69, 9.17) is 27.9 Å². The van der Waals surface area contributed by atoms with Crippen molar-refractivity contribution in [1.82, 2.24) is 9.29 Å². The van der Waals surface area contributed by atoms with E-state index in [-0.39, 0.29) is 27.9 Å². The predicted molar refractivity (Wildman–Crippen MR) is 132 cm³/mol. The molecule has 1 saturated heterocycles. The van der Waals surface area contributed by atoms with Crippen LogP contribution in [-0.2, 0) is 26.2 Å². The molecule has 2 aromatic carbocycles. The lowest BCUT2D eigenvalue weighted by Crippen LogP contribution is -2.45. The maximum absolute atomic E-state index is 13.8. The first-order valence-corrected chi connectivity index (χ1v) is 12.9. The third-order valence-electron chi connectivity index (χ3n) is 5.42. The van der Waals surface area contributed by atoms with Gasteiger partial charge < -0.3 is 4.74 Å². The second kappa shape index (κ2) is 10.3. The van der Waals surface area contributed by atoms with Gasteiger partial charge in [-0.2, -0.15) is 4.31 Å². The number of anilines is 1. The minimum atomic E-state index is -4.34. The fraction of sp³-hybridized carbons (Fsp3) is 0.208. The summed E-state index contributed by atoms with van der Waals surface area (Å²) in [5.41, 5.74) is 0.861. The molecule has 0 saturated carbocycles. The molecular formula is C24H21Cl2N3O5S. The molecule has 0 bridgehead atoms. The van der Waals surface area contributed by atoms with E-state index < -0.39 is 27.9 Å². The number of carbonyl (C=O) groups excluding carboxylic acids is 2. The molecule has 182 valence electrons. The van der Waals surface area contributed by atoms with Crippen LogP contribution in [0.4, 0.5) is 5.69 Å². The topological polar surface area (TPSA) is 96.9 Å². The van der Waals surface area contributed by atoms with Gasteiger partial charge in [-0.25, -0.2) is 13.3 Å². The molecular weight excluding hydrogens is 513 g/mol. The van der Waals surface area contributed by atoms with E-state index in [1.54, 1.807) is 42.6 Å². The Morgan fingerprint density at radius 3 is 2.51 bits per heavy atom. The molecule has 0 N–H and O–H groups in total. The van der Waals surface area contributed by atoms with Gasteiger partial charge in [-0.1, -0.05) is 29.3 Å². The fourth-order valence-electron chi connectivity index (χ4n) is 3.81. The number of ether oxygens (including phenoxy) is 1. The summed E-state index contributed by atoms with van der Waals surface area (Å²) in [5, 5.41) is 0.116. The summed E-state index contributed by atoms with van der Waals surface area (Å²) < 4.78 is 33.9. The fourth-order valence-corrected chi connectivity index (χ4v) is 6.11. The Labute approximate surface area is 213 Å². The van der Waals surface area contributed by atoms with E-state index in [1.165, 1.54) is 24.4 Å². The van der Waals surface area contributed by atoms with Crippen molar-refractivity contribution in [3.8, 4) is 5.75 Å². The third kappa shape index (κ3) is 5.18. The van der Waals surface area contributed by atoms with Gasteiger partial charge in [0.1, 0.15) is 16.7 Å². The number of nitrogens with zero attached hydrogens (tertiary/aromatic N) is 3. The lowest BCUT2D eigenvalue weighted by Gasteiger charge is -2.27. The standard InChI is InChI=1S/C24H21Cl2N3O5S/c1-2-34-19-8-6-18(7-9-19)29-23(30)13-21(24(29)31)28(15-16-4-3-11-27-14-16)35(32,33)22-12-17(25)5-10-20(22)26/h3-12,14,21H,2,13,15H2,1H3. The van der Waals surface area contributed by atoms with Crippen LogP contribution < -0.4 is 9.64 Å². The molecule has 0 aliphatic carbocycles. The average Bonchev–Trinajstić information content (AvgIpc) is 3.13. The van der Waals surface area contributed by atoms with Crippen molar-refractivity contribution in [2.75, 3.05) is 11.5 Å². The van der Waals surface area contributed by atoms with E-state index in [0.717, 1.165) is 9.21 Å². The molecule has 1 aliphatic heterocycles. The quantitative estimate of drug-likeness (QED) is 0.400. The number of carbonyl (C=O) groups is 2. The molecule has 8 nitrogen and oxygen atoms in total. The van der Waals surface area contributed by atoms with E-state index >= 15 is 0 Å². The van der Waals surface area contributed by atoms with E-state index in [9.17, 15) is 18.0 Å². The van der Waals surface area contributed by atoms with Crippen molar-refractivity contribution in [2.45, 2.75) is 30.8 Å². The normalized spacial score (nSPS) is 16.2. The molecule has 0 radical (unpaired) electrons. The average molecular weight is 534 g/mol. The van der Waals surface area contributed by atoms with Crippen LogP contribution in [0.1, 0.15) is 18.9 Å². The molecule has 11 heteroatoms. The maximum Gasteiger partial charge on any atom is 0.252 e. The van der Waals surface area contributed by atoms with Crippen molar-refractivity contribution in [2.24, 2.45) is 0 Å². The van der Waals surface area contributed by atoms with E-state index in [2.05, 4.69) is 4.98 Å². The molecule has 1 aromatic heterocycles. The molecule has 2 heterocycles. The molecule has 1 atom stereocenters. The van der Waals surface area contributed by atoms with E-state index in [0.29, 0.717) is 23.6 Å². The Bertz CT molecular complexity index is 1350. The number of imide groups is 1. The maximum atomic E-state index is 13.8. The van der Waals surface area contributed by atoms with Gasteiger partial charge in [-0.3, -0.25) is 14.6 Å². The molecule has 1 unspecified atom stereocenters. The SMILES string of the molecule is CCOc1ccc(N2C(=O)CC(N(Cc3cccnc3)S(=O)(=O)c3cc(Cl)ccc3Cl)C2=O)cc1. The van der Waals surface area contributed by atoms with Crippen LogP contribution in [0, 0.1) is 0 Å². The first-order valence-electron chi connectivity index (χ1n) is 10.7. The van der Waals surface area contributed by atoms with Crippen LogP contribution in [-0.4, -0.2) is 42.2 Å². The number of pyridine rings is 1. The van der Waals surface area contributed by atoms with Gasteiger partial charge in [0.05, 0.1) is 23.7 Å². The van der Waals surface area contributed by atoms with Crippen LogP contribution in [0.25, 0.3) is 0 Å². The minimum absolute atomic E-state index is 0.0503. The predicted octanol–water partition coefficient (Wildman–Crippen LogP) is 4.31. The zero-order chi connectivity index (χ0) is 25.2. The first-order chi connectivity index (χ1) is 16.7. The van der Waals surface area contributed by atoms with Crippen molar-refractivity contribution in [3.63, 3.8) is 0 Å². The smallest absolute Gasteiger partial charge is 0.252 e. The number of hydrogen-bond donors (Lipinski definition) is 0. The number of sulfonamides is 1. The highest BCUT2D eigenvalue weighted by atomic mass is 35.5. The molecule has 1 aliphatic rings. The van der Waals surface area contributed by atoms with Crippen LogP contribution in [0.3, 0.4) is 0 Å². The van der Waals surface area contributed by atoms with Crippen molar-refractivity contribution < 1.29 is 22.7 Å². The summed E-state index contributed by atoms with van der Waals surface area (Å²) in [6, 6.07) is 12.6. The minimum Gasteiger partial charge on any atom is -0.494 e. The number of benzene rings is 2. The summed E-state index contributed by atoms with van der Waals surface area (Å²) in [4.78, 5) is 31.2. The lowest BCUT2D eigenvalue weighted by atomic mass is 10.2. The Balaban J connectivity index is 1.74. The molecule has 35 heavy (non-hydrogen) atoms. The second-order valence-corrected chi connectivity index (χ2v) is 10.4. The van der Waals surface area contributed by atoms with Crippen LogP contribution in [0.5, 0.6) is 5.75 Å². The Hall–Kier alpha value is -2.98. The summed E-state index contributed by atoms with van der Waals surface area (Å²) >= 11 is 12.3. The van der Waals surface area contributed by atoms with Crippen molar-refractivity contribution in [3.05, 3.63) is 82.6 Å². The van der Waals surface area contributed by atoms with Gasteiger partial charge in [0, 0.05) is 24.0 Å². The largest absolute Gasteiger partial charge is 0.494 e. The summed E-state index contributed by atoms with van der Waals surface area (Å²) in [6.07, 6.45) is 2.71. The van der Waals surface area contributed by atoms with Crippen LogP contribution in [0.15, 0.2) is 71.9 Å². The van der Waals surface area contributed by atoms with Crippen molar-refractivity contribution in [1.29, 1.82) is 0 Å². The third-order valence-corrected chi connectivity index (χ3v) is 7.99. The highest BCUT2D eigenvalue weighted by Crippen LogP contribution is 2.34. The summed E-state index contributed by atoms with van der Waals surface area (Å²) in [5.74, 6) is -0.596. The van der Waals surface area contributed by atoms with Gasteiger partial charge in [-0.05, 0) is 61.0 Å². The number of amides is 2. The molecule has 4 rings (SSSR count). The van der Waals surface area contributed by atoms with Gasteiger partial charge >= 0.3 is 0 Å². The van der Waals surface area contributed by atoms with Gasteiger partial charge in [0.2, 0.25) is 15.9 Å². The zero-order valence-corrected chi connectivity index (χ0v) is 20.9. The Kier molecular flexibility index (Phi) is 7.42. The monoisotopic (exact) mass is 533 g/mol. The molecule has 1 fully saturated rings. The number of halogens is 2. The molecule has 0 spiro atoms. The number of hydrogen-bond acceptors (Lipinski definition) is 6. The van der Waals surface area contributed by atoms with Gasteiger partial charge in [0.25, 0.3) is 5.91 Å². The highest BCUT2D eigenvalue weighted by Gasteiger charge is 2.47. The summed E-state index contributed by atoms with van der Waals surface area (Å²) in [7, 11) is -4.34. The zero-order valence-electron chi connectivity index (χ0n) is 18.6. The number of rotatable bonds is 8. The summed E-state index contributed by atoms with van der Waals surface area (Å²) in [6.45, 7) is 2.12. The Morgan fingerprint density at radius 2 is 1.86 bits per heavy atom.